The van der Waals surface area contributed by atoms with Gasteiger partial charge in [0, 0.05) is 18.1 Å². The second-order valence-corrected chi connectivity index (χ2v) is 7.53. The zero-order valence-electron chi connectivity index (χ0n) is 14.9. The first-order chi connectivity index (χ1) is 13.1. The Kier molecular flexibility index (Phi) is 4.81. The fourth-order valence-corrected chi connectivity index (χ4v) is 4.24. The number of fused-ring (bicyclic) bond motifs is 1. The van der Waals surface area contributed by atoms with Crippen molar-refractivity contribution in [2.24, 2.45) is 0 Å². The average Bonchev–Trinajstić information content (AvgIpc) is 2.67. The Morgan fingerprint density at radius 3 is 2.59 bits per heavy atom. The van der Waals surface area contributed by atoms with Crippen molar-refractivity contribution in [2.45, 2.75) is 30.2 Å². The van der Waals surface area contributed by atoms with Crippen LogP contribution < -0.4 is 10.9 Å². The Labute approximate surface area is 161 Å². The Morgan fingerprint density at radius 2 is 1.81 bits per heavy atom. The van der Waals surface area contributed by atoms with Crippen LogP contribution in [0.5, 0.6) is 0 Å². The summed E-state index contributed by atoms with van der Waals surface area (Å²) in [5, 5.41) is 3.28. The largest absolute Gasteiger partial charge is 0.310 e. The number of amides is 1. The van der Waals surface area contributed by atoms with Gasteiger partial charge in [0.25, 0.3) is 5.56 Å². The lowest BCUT2D eigenvalue weighted by Crippen LogP contribution is -2.31. The first-order valence-electron chi connectivity index (χ1n) is 8.78. The summed E-state index contributed by atoms with van der Waals surface area (Å²) in [5.74, 6) is 0.673. The Morgan fingerprint density at radius 1 is 1.07 bits per heavy atom. The van der Waals surface area contributed by atoms with Gasteiger partial charge in [0.05, 0.1) is 5.56 Å². The molecule has 1 aromatic heterocycles. The van der Waals surface area contributed by atoms with Crippen molar-refractivity contribution in [3.05, 3.63) is 87.2 Å². The van der Waals surface area contributed by atoms with Gasteiger partial charge in [-0.05, 0) is 23.6 Å². The number of carbonyl (C=O) groups excluding carboxylic acids is 1. The fraction of sp³-hybridized carbons (Fsp3) is 0.190. The fourth-order valence-electron chi connectivity index (χ4n) is 3.31. The van der Waals surface area contributed by atoms with Gasteiger partial charge in [-0.3, -0.25) is 9.59 Å². The minimum atomic E-state index is -0.276. The second kappa shape index (κ2) is 7.40. The van der Waals surface area contributed by atoms with Crippen LogP contribution in [0.1, 0.15) is 34.6 Å². The highest BCUT2D eigenvalue weighted by molar-refractivity contribution is 7.98. The number of benzene rings is 2. The van der Waals surface area contributed by atoms with E-state index >= 15 is 0 Å². The minimum Gasteiger partial charge on any atom is -0.310 e. The van der Waals surface area contributed by atoms with Gasteiger partial charge in [0.1, 0.15) is 5.82 Å². The lowest BCUT2D eigenvalue weighted by molar-refractivity contribution is -0.116. The molecule has 0 spiro atoms. The number of aryl methyl sites for hydroxylation is 1. The van der Waals surface area contributed by atoms with E-state index in [1.807, 2.05) is 42.5 Å². The summed E-state index contributed by atoms with van der Waals surface area (Å²) in [5.41, 5.74) is 3.67. The summed E-state index contributed by atoms with van der Waals surface area (Å²) in [7, 11) is 0. The van der Waals surface area contributed by atoms with E-state index in [2.05, 4.69) is 34.3 Å². The molecule has 2 aromatic carbocycles. The van der Waals surface area contributed by atoms with Gasteiger partial charge in [-0.1, -0.05) is 66.4 Å². The number of carbonyl (C=O) groups is 1. The summed E-state index contributed by atoms with van der Waals surface area (Å²) >= 11 is 1.45. The van der Waals surface area contributed by atoms with Crippen LogP contribution in [0.25, 0.3) is 0 Å². The molecule has 136 valence electrons. The van der Waals surface area contributed by atoms with E-state index in [9.17, 15) is 9.59 Å². The third kappa shape index (κ3) is 3.66. The minimum absolute atomic E-state index is 0.121. The number of rotatable bonds is 4. The maximum atomic E-state index is 12.8. The molecular weight excluding hydrogens is 358 g/mol. The molecule has 1 aliphatic heterocycles. The van der Waals surface area contributed by atoms with Crippen LogP contribution in [0, 0.1) is 6.92 Å². The van der Waals surface area contributed by atoms with Crippen LogP contribution >= 0.6 is 11.8 Å². The molecule has 0 radical (unpaired) electrons. The summed E-state index contributed by atoms with van der Waals surface area (Å²) in [6.07, 6.45) is 0.247. The number of thioether (sulfide) groups is 1. The van der Waals surface area contributed by atoms with Gasteiger partial charge in [-0.25, -0.2) is 4.98 Å². The number of H-pyrrole nitrogens is 1. The van der Waals surface area contributed by atoms with Gasteiger partial charge >= 0.3 is 0 Å². The number of hydrogen-bond donors (Lipinski definition) is 2. The molecular formula is C21H19N3O2S. The number of anilines is 1. The van der Waals surface area contributed by atoms with E-state index < -0.39 is 0 Å². The normalized spacial score (nSPS) is 15.9. The highest BCUT2D eigenvalue weighted by Crippen LogP contribution is 2.34. The van der Waals surface area contributed by atoms with E-state index in [1.54, 1.807) is 0 Å². The zero-order chi connectivity index (χ0) is 18.8. The van der Waals surface area contributed by atoms with Crippen molar-refractivity contribution in [3.8, 4) is 0 Å². The maximum Gasteiger partial charge on any atom is 0.257 e. The Balaban J connectivity index is 1.66. The van der Waals surface area contributed by atoms with Crippen molar-refractivity contribution in [3.63, 3.8) is 0 Å². The van der Waals surface area contributed by atoms with E-state index in [1.165, 1.54) is 22.9 Å². The van der Waals surface area contributed by atoms with E-state index in [-0.39, 0.29) is 23.8 Å². The third-order valence-electron chi connectivity index (χ3n) is 4.76. The molecule has 1 aliphatic rings. The quantitative estimate of drug-likeness (QED) is 0.535. The molecule has 1 atom stereocenters. The van der Waals surface area contributed by atoms with E-state index in [4.69, 9.17) is 0 Å². The van der Waals surface area contributed by atoms with Crippen molar-refractivity contribution >= 4 is 23.5 Å². The van der Waals surface area contributed by atoms with Crippen molar-refractivity contribution in [2.75, 3.05) is 5.32 Å². The Bertz CT molecular complexity index is 1050. The van der Waals surface area contributed by atoms with Gasteiger partial charge in [0.2, 0.25) is 5.91 Å². The number of hydrogen-bond acceptors (Lipinski definition) is 4. The van der Waals surface area contributed by atoms with Gasteiger partial charge in [-0.15, -0.1) is 0 Å². The molecule has 6 heteroatoms. The summed E-state index contributed by atoms with van der Waals surface area (Å²) in [4.78, 5) is 32.4. The summed E-state index contributed by atoms with van der Waals surface area (Å²) in [6, 6.07) is 17.7. The molecule has 0 fully saturated rings. The molecule has 0 bridgehead atoms. The molecule has 1 unspecified atom stereocenters. The summed E-state index contributed by atoms with van der Waals surface area (Å²) in [6.45, 7) is 2.06. The molecule has 5 nitrogen and oxygen atoms in total. The zero-order valence-corrected chi connectivity index (χ0v) is 15.7. The van der Waals surface area contributed by atoms with Crippen LogP contribution in [0.3, 0.4) is 0 Å². The van der Waals surface area contributed by atoms with Crippen LogP contribution in [-0.4, -0.2) is 15.9 Å². The third-order valence-corrected chi connectivity index (χ3v) is 5.68. The summed E-state index contributed by atoms with van der Waals surface area (Å²) < 4.78 is 0. The first kappa shape index (κ1) is 17.5. The molecule has 1 amide bonds. The average molecular weight is 377 g/mol. The molecule has 0 aliphatic carbocycles. The SMILES string of the molecule is Cc1ccccc1CSc1nc2c(c(=O)[nH]1)C(c1ccccc1)CC(=O)N2. The molecule has 27 heavy (non-hydrogen) atoms. The standard InChI is InChI=1S/C21H19N3O2S/c1-13-7-5-6-10-15(13)12-27-21-23-19-18(20(26)24-21)16(11-17(25)22-19)14-8-3-2-4-9-14/h2-10,16H,11-12H2,1H3,(H2,22,23,24,25,26). The molecule has 4 rings (SSSR count). The highest BCUT2D eigenvalue weighted by Gasteiger charge is 2.30. The van der Waals surface area contributed by atoms with Crippen LogP contribution in [-0.2, 0) is 10.5 Å². The lowest BCUT2D eigenvalue weighted by Gasteiger charge is -2.24. The lowest BCUT2D eigenvalue weighted by atomic mass is 9.87. The monoisotopic (exact) mass is 377 g/mol. The predicted molar refractivity (Wildman–Crippen MR) is 107 cm³/mol. The predicted octanol–water partition coefficient (Wildman–Crippen LogP) is 3.84. The van der Waals surface area contributed by atoms with Gasteiger partial charge in [-0.2, -0.15) is 0 Å². The van der Waals surface area contributed by atoms with Crippen LogP contribution in [0.2, 0.25) is 0 Å². The van der Waals surface area contributed by atoms with Crippen molar-refractivity contribution in [1.82, 2.24) is 9.97 Å². The molecule has 2 heterocycles. The smallest absolute Gasteiger partial charge is 0.257 e. The van der Waals surface area contributed by atoms with Crippen LogP contribution in [0.15, 0.2) is 64.5 Å². The van der Waals surface area contributed by atoms with Gasteiger partial charge in [0.15, 0.2) is 5.16 Å². The number of aromatic amines is 1. The van der Waals surface area contributed by atoms with Crippen molar-refractivity contribution in [1.29, 1.82) is 0 Å². The van der Waals surface area contributed by atoms with Crippen molar-refractivity contribution < 1.29 is 4.79 Å². The van der Waals surface area contributed by atoms with E-state index in [0.717, 1.165) is 5.56 Å². The number of nitrogens with one attached hydrogen (secondary N) is 2. The maximum absolute atomic E-state index is 12.8. The highest BCUT2D eigenvalue weighted by atomic mass is 32.2. The molecule has 0 saturated carbocycles. The van der Waals surface area contributed by atoms with Crippen LogP contribution in [0.4, 0.5) is 5.82 Å². The Hall–Kier alpha value is -2.86. The molecule has 0 saturated heterocycles. The van der Waals surface area contributed by atoms with Gasteiger partial charge < -0.3 is 10.3 Å². The number of aromatic nitrogens is 2. The molecule has 3 aromatic rings. The number of nitrogens with zero attached hydrogens (tertiary/aromatic N) is 1. The molecule has 2 N–H and O–H groups in total. The first-order valence-corrected chi connectivity index (χ1v) is 9.76. The topological polar surface area (TPSA) is 74.8 Å². The second-order valence-electron chi connectivity index (χ2n) is 6.56. The van der Waals surface area contributed by atoms with E-state index in [0.29, 0.717) is 22.3 Å².